The second-order valence-electron chi connectivity index (χ2n) is 5.28. The van der Waals surface area contributed by atoms with Crippen LogP contribution in [0.5, 0.6) is 0 Å². The summed E-state index contributed by atoms with van der Waals surface area (Å²) < 4.78 is 39.6. The molecule has 2 aromatic rings. The second-order valence-corrected chi connectivity index (χ2v) is 5.28. The van der Waals surface area contributed by atoms with Gasteiger partial charge in [-0.3, -0.25) is 0 Å². The Hall–Kier alpha value is -2.58. The Balaban J connectivity index is 1.99. The summed E-state index contributed by atoms with van der Waals surface area (Å²) in [6.45, 7) is 6.09. The summed E-state index contributed by atoms with van der Waals surface area (Å²) in [6, 6.07) is 5.00. The van der Waals surface area contributed by atoms with Crippen LogP contribution in [0.15, 0.2) is 35.6 Å². The van der Waals surface area contributed by atoms with E-state index in [1.165, 1.54) is 12.1 Å². The van der Waals surface area contributed by atoms with Gasteiger partial charge in [-0.1, -0.05) is 12.1 Å². The van der Waals surface area contributed by atoms with Crippen molar-refractivity contribution in [1.29, 1.82) is 0 Å². The lowest BCUT2D eigenvalue weighted by atomic mass is 10.1. The van der Waals surface area contributed by atoms with Gasteiger partial charge in [-0.2, -0.15) is 13.2 Å². The molecule has 0 aliphatic heterocycles. The molecule has 6 nitrogen and oxygen atoms in total. The number of halogens is 3. The van der Waals surface area contributed by atoms with Crippen LogP contribution in [0.1, 0.15) is 30.8 Å². The Bertz CT molecular complexity index is 691. The molecule has 0 spiro atoms. The predicted octanol–water partition coefficient (Wildman–Crippen LogP) is 2.57. The van der Waals surface area contributed by atoms with Crippen molar-refractivity contribution in [1.82, 2.24) is 25.4 Å². The fourth-order valence-electron chi connectivity index (χ4n) is 2.15. The van der Waals surface area contributed by atoms with E-state index < -0.39 is 11.7 Å². The van der Waals surface area contributed by atoms with E-state index in [1.54, 1.807) is 6.33 Å². The lowest BCUT2D eigenvalue weighted by Crippen LogP contribution is -2.37. The Morgan fingerprint density at radius 3 is 2.48 bits per heavy atom. The molecule has 0 atom stereocenters. The van der Waals surface area contributed by atoms with Gasteiger partial charge in [0.25, 0.3) is 0 Å². The van der Waals surface area contributed by atoms with Crippen molar-refractivity contribution in [3.63, 3.8) is 0 Å². The van der Waals surface area contributed by atoms with Crippen LogP contribution in [0.25, 0.3) is 0 Å². The van der Waals surface area contributed by atoms with Crippen LogP contribution in [0.4, 0.5) is 13.2 Å². The topological polar surface area (TPSA) is 67.1 Å². The minimum atomic E-state index is -4.33. The van der Waals surface area contributed by atoms with Crippen molar-refractivity contribution in [2.75, 3.05) is 6.54 Å². The third-order valence-electron chi connectivity index (χ3n) is 3.50. The number of aryl methyl sites for hydroxylation is 1. The first-order chi connectivity index (χ1) is 11.9. The number of nitrogens with one attached hydrogen (secondary N) is 2. The lowest BCUT2D eigenvalue weighted by Gasteiger charge is -2.11. The van der Waals surface area contributed by atoms with Crippen LogP contribution < -0.4 is 10.6 Å². The molecule has 2 rings (SSSR count). The Morgan fingerprint density at radius 2 is 1.88 bits per heavy atom. The van der Waals surface area contributed by atoms with Crippen molar-refractivity contribution >= 4 is 5.96 Å². The highest BCUT2D eigenvalue weighted by atomic mass is 19.4. The number of alkyl halides is 3. The average Bonchev–Trinajstić information content (AvgIpc) is 3.04. The highest BCUT2D eigenvalue weighted by Crippen LogP contribution is 2.29. The summed E-state index contributed by atoms with van der Waals surface area (Å²) in [5, 5.41) is 14.1. The SMILES string of the molecule is CCNC(=NCc1ccc(C(F)(F)F)cc1)NCc1nncn1CC. The molecule has 0 fully saturated rings. The first-order valence-corrected chi connectivity index (χ1v) is 7.99. The van der Waals surface area contributed by atoms with Gasteiger partial charge in [0.2, 0.25) is 0 Å². The molecule has 136 valence electrons. The largest absolute Gasteiger partial charge is 0.416 e. The van der Waals surface area contributed by atoms with Gasteiger partial charge in [-0.15, -0.1) is 10.2 Å². The highest BCUT2D eigenvalue weighted by Gasteiger charge is 2.29. The maximum atomic E-state index is 12.6. The van der Waals surface area contributed by atoms with E-state index in [0.717, 1.165) is 24.5 Å². The third kappa shape index (κ3) is 5.47. The minimum absolute atomic E-state index is 0.272. The quantitative estimate of drug-likeness (QED) is 0.618. The highest BCUT2D eigenvalue weighted by molar-refractivity contribution is 5.79. The van der Waals surface area contributed by atoms with Crippen molar-refractivity contribution in [3.05, 3.63) is 47.5 Å². The maximum absolute atomic E-state index is 12.6. The number of rotatable bonds is 6. The molecular weight excluding hydrogens is 333 g/mol. The zero-order chi connectivity index (χ0) is 18.3. The van der Waals surface area contributed by atoms with E-state index >= 15 is 0 Å². The number of benzene rings is 1. The Labute approximate surface area is 144 Å². The van der Waals surface area contributed by atoms with Crippen LogP contribution in [0.3, 0.4) is 0 Å². The summed E-state index contributed by atoms with van der Waals surface area (Å²) in [6.07, 6.45) is -2.67. The summed E-state index contributed by atoms with van der Waals surface area (Å²) in [4.78, 5) is 4.39. The van der Waals surface area contributed by atoms with Gasteiger partial charge >= 0.3 is 6.18 Å². The van der Waals surface area contributed by atoms with Crippen molar-refractivity contribution in [3.8, 4) is 0 Å². The minimum Gasteiger partial charge on any atom is -0.357 e. The van der Waals surface area contributed by atoms with Gasteiger partial charge < -0.3 is 15.2 Å². The van der Waals surface area contributed by atoms with Gasteiger partial charge in [0.15, 0.2) is 11.8 Å². The molecule has 0 unspecified atom stereocenters. The standard InChI is InChI=1S/C16H21F3N6/c1-3-20-15(22-10-14-24-23-11-25(14)4-2)21-9-12-5-7-13(8-6-12)16(17,18)19/h5-8,11H,3-4,9-10H2,1-2H3,(H2,20,21,22). The zero-order valence-electron chi connectivity index (χ0n) is 14.1. The van der Waals surface area contributed by atoms with E-state index in [2.05, 4.69) is 25.8 Å². The molecule has 0 radical (unpaired) electrons. The summed E-state index contributed by atoms with van der Waals surface area (Å²) >= 11 is 0. The number of aromatic nitrogens is 3. The van der Waals surface area contributed by atoms with E-state index in [4.69, 9.17) is 0 Å². The fraction of sp³-hybridized carbons (Fsp3) is 0.438. The van der Waals surface area contributed by atoms with Crippen molar-refractivity contribution in [2.24, 2.45) is 4.99 Å². The molecule has 0 aliphatic carbocycles. The monoisotopic (exact) mass is 354 g/mol. The molecule has 25 heavy (non-hydrogen) atoms. The molecule has 2 N–H and O–H groups in total. The van der Waals surface area contributed by atoms with Gasteiger partial charge in [0.05, 0.1) is 18.7 Å². The van der Waals surface area contributed by atoms with Gasteiger partial charge in [-0.25, -0.2) is 4.99 Å². The molecular formula is C16H21F3N6. The summed E-state index contributed by atoms with van der Waals surface area (Å²) in [5.74, 6) is 1.34. The molecule has 0 aliphatic rings. The van der Waals surface area contributed by atoms with Crippen LogP contribution >= 0.6 is 0 Å². The van der Waals surface area contributed by atoms with E-state index in [1.807, 2.05) is 18.4 Å². The molecule has 1 aromatic heterocycles. The Kier molecular flexibility index (Phi) is 6.37. The molecule has 0 saturated heterocycles. The lowest BCUT2D eigenvalue weighted by molar-refractivity contribution is -0.137. The van der Waals surface area contributed by atoms with Crippen LogP contribution in [-0.4, -0.2) is 27.3 Å². The average molecular weight is 354 g/mol. The summed E-state index contributed by atoms with van der Waals surface area (Å²) in [5.41, 5.74) is 0.0334. The number of hydrogen-bond acceptors (Lipinski definition) is 3. The normalized spacial score (nSPS) is 12.3. The first kappa shape index (κ1) is 18.8. The van der Waals surface area contributed by atoms with E-state index in [-0.39, 0.29) is 6.54 Å². The fourth-order valence-corrected chi connectivity index (χ4v) is 2.15. The Morgan fingerprint density at radius 1 is 1.16 bits per heavy atom. The van der Waals surface area contributed by atoms with Gasteiger partial charge in [-0.05, 0) is 31.5 Å². The van der Waals surface area contributed by atoms with Crippen LogP contribution in [0, 0.1) is 0 Å². The van der Waals surface area contributed by atoms with Crippen LogP contribution in [0.2, 0.25) is 0 Å². The van der Waals surface area contributed by atoms with Crippen molar-refractivity contribution in [2.45, 2.75) is 39.7 Å². The third-order valence-corrected chi connectivity index (χ3v) is 3.50. The van der Waals surface area contributed by atoms with E-state index in [0.29, 0.717) is 24.6 Å². The number of hydrogen-bond donors (Lipinski definition) is 2. The van der Waals surface area contributed by atoms with Crippen LogP contribution in [-0.2, 0) is 25.8 Å². The van der Waals surface area contributed by atoms with Gasteiger partial charge in [0.1, 0.15) is 6.33 Å². The molecule has 0 amide bonds. The molecule has 1 aromatic carbocycles. The zero-order valence-corrected chi connectivity index (χ0v) is 14.1. The molecule has 0 saturated carbocycles. The van der Waals surface area contributed by atoms with E-state index in [9.17, 15) is 13.2 Å². The number of guanidine groups is 1. The van der Waals surface area contributed by atoms with Crippen molar-refractivity contribution < 1.29 is 13.2 Å². The van der Waals surface area contributed by atoms with Gasteiger partial charge in [0, 0.05) is 13.1 Å². The maximum Gasteiger partial charge on any atom is 0.416 e. The molecule has 0 bridgehead atoms. The second kappa shape index (κ2) is 8.50. The smallest absolute Gasteiger partial charge is 0.357 e. The number of aliphatic imine (C=N–C) groups is 1. The number of nitrogens with zero attached hydrogens (tertiary/aromatic N) is 4. The molecule has 1 heterocycles. The summed E-state index contributed by atoms with van der Waals surface area (Å²) in [7, 11) is 0. The molecule has 9 heteroatoms. The predicted molar refractivity (Wildman–Crippen MR) is 88.8 cm³/mol. The first-order valence-electron chi connectivity index (χ1n) is 7.99.